The molecule has 1 rings (SSSR count). The quantitative estimate of drug-likeness (QED) is 0.657. The molecular weight excluding hydrogens is 278 g/mol. The molecule has 1 aromatic rings. The fraction of sp³-hybridized carbons (Fsp3) is 0.429. The van der Waals surface area contributed by atoms with E-state index in [9.17, 15) is 14.7 Å². The van der Waals surface area contributed by atoms with Crippen molar-refractivity contribution in [3.63, 3.8) is 0 Å². The van der Waals surface area contributed by atoms with Crippen LogP contribution in [0.15, 0.2) is 29.2 Å². The van der Waals surface area contributed by atoms with E-state index in [0.29, 0.717) is 5.56 Å². The van der Waals surface area contributed by atoms with Crippen LogP contribution in [-0.2, 0) is 9.53 Å². The minimum absolute atomic E-state index is 0.336. The Labute approximate surface area is 122 Å². The molecule has 1 amide bonds. The van der Waals surface area contributed by atoms with E-state index in [1.807, 2.05) is 12.3 Å². The number of nitrogens with zero attached hydrogens (tertiary/aromatic N) is 1. The van der Waals surface area contributed by atoms with Gasteiger partial charge in [-0.05, 0) is 31.4 Å². The largest absolute Gasteiger partial charge is 0.467 e. The fourth-order valence-corrected chi connectivity index (χ4v) is 2.34. The van der Waals surface area contributed by atoms with E-state index in [0.717, 1.165) is 4.90 Å². The number of ether oxygens (including phenoxy) is 1. The topological polar surface area (TPSA) is 66.8 Å². The van der Waals surface area contributed by atoms with Crippen molar-refractivity contribution >= 4 is 23.6 Å². The molecule has 0 aliphatic heterocycles. The van der Waals surface area contributed by atoms with Gasteiger partial charge >= 0.3 is 5.97 Å². The van der Waals surface area contributed by atoms with Gasteiger partial charge in [0.1, 0.15) is 0 Å². The SMILES string of the molecule is COC(=O)C(C(C)O)N(C)C(=O)c1cccc(SC)c1. The zero-order valence-electron chi connectivity index (χ0n) is 12.0. The number of hydrogen-bond donors (Lipinski definition) is 1. The predicted molar refractivity (Wildman–Crippen MR) is 77.8 cm³/mol. The van der Waals surface area contributed by atoms with Gasteiger partial charge in [0, 0.05) is 17.5 Å². The zero-order chi connectivity index (χ0) is 15.3. The maximum absolute atomic E-state index is 12.4. The van der Waals surface area contributed by atoms with Crippen LogP contribution in [0, 0.1) is 0 Å². The summed E-state index contributed by atoms with van der Waals surface area (Å²) >= 11 is 1.53. The number of esters is 1. The molecule has 0 spiro atoms. The number of likely N-dealkylation sites (N-methyl/N-ethyl adjacent to an activating group) is 1. The number of carbonyl (C=O) groups excluding carboxylic acids is 2. The van der Waals surface area contributed by atoms with Crippen LogP contribution in [0.2, 0.25) is 0 Å². The van der Waals surface area contributed by atoms with Crippen molar-refractivity contribution in [1.82, 2.24) is 4.90 Å². The smallest absolute Gasteiger partial charge is 0.331 e. The molecule has 0 bridgehead atoms. The average Bonchev–Trinajstić information content (AvgIpc) is 2.45. The molecule has 110 valence electrons. The fourth-order valence-electron chi connectivity index (χ4n) is 1.89. The van der Waals surface area contributed by atoms with Crippen molar-refractivity contribution in [2.45, 2.75) is 24.0 Å². The van der Waals surface area contributed by atoms with Crippen molar-refractivity contribution in [2.24, 2.45) is 0 Å². The molecular formula is C14H19NO4S. The second-order valence-corrected chi connectivity index (χ2v) is 5.24. The third kappa shape index (κ3) is 3.74. The Morgan fingerprint density at radius 2 is 2.05 bits per heavy atom. The average molecular weight is 297 g/mol. The number of methoxy groups -OCH3 is 1. The first-order valence-electron chi connectivity index (χ1n) is 6.09. The Bertz CT molecular complexity index is 490. The lowest BCUT2D eigenvalue weighted by Gasteiger charge is -2.28. The Balaban J connectivity index is 3.01. The molecule has 5 nitrogen and oxygen atoms in total. The lowest BCUT2D eigenvalue weighted by Crippen LogP contribution is -2.49. The summed E-state index contributed by atoms with van der Waals surface area (Å²) in [5.41, 5.74) is 0.467. The summed E-state index contributed by atoms with van der Waals surface area (Å²) in [5, 5.41) is 9.68. The van der Waals surface area contributed by atoms with Gasteiger partial charge in [-0.3, -0.25) is 4.79 Å². The maximum atomic E-state index is 12.4. The van der Waals surface area contributed by atoms with Crippen molar-refractivity contribution in [3.05, 3.63) is 29.8 Å². The van der Waals surface area contributed by atoms with Gasteiger partial charge in [-0.2, -0.15) is 0 Å². The van der Waals surface area contributed by atoms with Crippen LogP contribution in [0.4, 0.5) is 0 Å². The van der Waals surface area contributed by atoms with Crippen LogP contribution in [0.3, 0.4) is 0 Å². The van der Waals surface area contributed by atoms with Gasteiger partial charge in [-0.15, -0.1) is 11.8 Å². The molecule has 1 aromatic carbocycles. The molecule has 0 saturated carbocycles. The number of aliphatic hydroxyl groups is 1. The highest BCUT2D eigenvalue weighted by Crippen LogP contribution is 2.18. The summed E-state index contributed by atoms with van der Waals surface area (Å²) in [5.74, 6) is -0.978. The number of benzene rings is 1. The van der Waals surface area contributed by atoms with E-state index in [1.54, 1.807) is 18.2 Å². The molecule has 2 atom stereocenters. The summed E-state index contributed by atoms with van der Waals surface area (Å²) in [6, 6.07) is 6.08. The Hall–Kier alpha value is -1.53. The number of aliphatic hydroxyl groups excluding tert-OH is 1. The van der Waals surface area contributed by atoms with E-state index in [2.05, 4.69) is 4.74 Å². The molecule has 1 N–H and O–H groups in total. The molecule has 0 aromatic heterocycles. The predicted octanol–water partition coefficient (Wildman–Crippen LogP) is 1.40. The van der Waals surface area contributed by atoms with Crippen molar-refractivity contribution < 1.29 is 19.4 Å². The first-order chi connectivity index (χ1) is 9.42. The van der Waals surface area contributed by atoms with Gasteiger partial charge in [0.2, 0.25) is 0 Å². The molecule has 20 heavy (non-hydrogen) atoms. The molecule has 0 saturated heterocycles. The monoisotopic (exact) mass is 297 g/mol. The minimum atomic E-state index is -1.02. The van der Waals surface area contributed by atoms with E-state index in [1.165, 1.54) is 37.7 Å². The Morgan fingerprint density at radius 3 is 2.55 bits per heavy atom. The normalized spacial score (nSPS) is 13.4. The van der Waals surface area contributed by atoms with Gasteiger partial charge in [-0.25, -0.2) is 4.79 Å². The number of thioether (sulfide) groups is 1. The first kappa shape index (κ1) is 16.5. The summed E-state index contributed by atoms with van der Waals surface area (Å²) < 4.78 is 4.63. The van der Waals surface area contributed by atoms with Crippen LogP contribution in [0.25, 0.3) is 0 Å². The second-order valence-electron chi connectivity index (χ2n) is 4.36. The van der Waals surface area contributed by atoms with Gasteiger partial charge in [-0.1, -0.05) is 6.07 Å². The van der Waals surface area contributed by atoms with Gasteiger partial charge in [0.15, 0.2) is 6.04 Å². The van der Waals surface area contributed by atoms with E-state index in [-0.39, 0.29) is 5.91 Å². The van der Waals surface area contributed by atoms with Crippen molar-refractivity contribution in [3.8, 4) is 0 Å². The molecule has 0 fully saturated rings. The van der Waals surface area contributed by atoms with Crippen LogP contribution in [0.1, 0.15) is 17.3 Å². The van der Waals surface area contributed by atoms with Gasteiger partial charge in [0.05, 0.1) is 13.2 Å². The highest BCUT2D eigenvalue weighted by molar-refractivity contribution is 7.98. The van der Waals surface area contributed by atoms with Crippen LogP contribution < -0.4 is 0 Å². The molecule has 0 aliphatic carbocycles. The molecule has 6 heteroatoms. The molecule has 0 aliphatic rings. The number of hydrogen-bond acceptors (Lipinski definition) is 5. The standard InChI is InChI=1S/C14H19NO4S/c1-9(16)12(14(18)19-3)15(2)13(17)10-6-5-7-11(8-10)20-4/h5-9,12,16H,1-4H3. The number of carbonyl (C=O) groups is 2. The zero-order valence-corrected chi connectivity index (χ0v) is 12.8. The summed E-state index contributed by atoms with van der Waals surface area (Å²) in [4.78, 5) is 26.2. The van der Waals surface area contributed by atoms with Crippen LogP contribution >= 0.6 is 11.8 Å². The summed E-state index contributed by atoms with van der Waals surface area (Å²) in [7, 11) is 2.70. The Morgan fingerprint density at radius 1 is 1.40 bits per heavy atom. The number of amides is 1. The van der Waals surface area contributed by atoms with E-state index in [4.69, 9.17) is 0 Å². The third-order valence-corrected chi connectivity index (χ3v) is 3.68. The van der Waals surface area contributed by atoms with Gasteiger partial charge in [0.25, 0.3) is 5.91 Å². The van der Waals surface area contributed by atoms with Crippen molar-refractivity contribution in [1.29, 1.82) is 0 Å². The second kappa shape index (κ2) is 7.31. The van der Waals surface area contributed by atoms with E-state index < -0.39 is 18.1 Å². The first-order valence-corrected chi connectivity index (χ1v) is 7.32. The molecule has 0 heterocycles. The number of rotatable bonds is 5. The third-order valence-electron chi connectivity index (χ3n) is 2.95. The maximum Gasteiger partial charge on any atom is 0.331 e. The highest BCUT2D eigenvalue weighted by Gasteiger charge is 2.32. The summed E-state index contributed by atoms with van der Waals surface area (Å²) in [6.07, 6.45) is 0.903. The highest BCUT2D eigenvalue weighted by atomic mass is 32.2. The van der Waals surface area contributed by atoms with Crippen LogP contribution in [0.5, 0.6) is 0 Å². The molecule has 0 radical (unpaired) electrons. The summed E-state index contributed by atoms with van der Waals surface area (Å²) in [6.45, 7) is 1.45. The van der Waals surface area contributed by atoms with E-state index >= 15 is 0 Å². The lowest BCUT2D eigenvalue weighted by atomic mass is 10.1. The Kier molecular flexibility index (Phi) is 6.04. The van der Waals surface area contributed by atoms with Gasteiger partial charge < -0.3 is 14.7 Å². The lowest BCUT2D eigenvalue weighted by molar-refractivity contribution is -0.149. The minimum Gasteiger partial charge on any atom is -0.467 e. The van der Waals surface area contributed by atoms with Crippen LogP contribution in [-0.4, -0.2) is 54.4 Å². The molecule has 2 unspecified atom stereocenters. The van der Waals surface area contributed by atoms with Crippen molar-refractivity contribution in [2.75, 3.05) is 20.4 Å².